The number of rotatable bonds is 1. The molecule has 0 aliphatic carbocycles. The van der Waals surface area contributed by atoms with Crippen molar-refractivity contribution in [3.8, 4) is 0 Å². The third kappa shape index (κ3) is 3.52. The van der Waals surface area contributed by atoms with Gasteiger partial charge in [-0.2, -0.15) is 0 Å². The summed E-state index contributed by atoms with van der Waals surface area (Å²) in [4.78, 5) is 12.3. The molecule has 0 bridgehead atoms. The summed E-state index contributed by atoms with van der Waals surface area (Å²) in [6, 6.07) is 7.73. The monoisotopic (exact) mass is 399 g/mol. The normalized spacial score (nSPS) is 11.4. The number of hydrogen-bond donors (Lipinski definition) is 0. The van der Waals surface area contributed by atoms with Gasteiger partial charge < -0.3 is 4.74 Å². The molecule has 1 heterocycles. The Balaban J connectivity index is 2.54. The minimum atomic E-state index is -0.519. The van der Waals surface area contributed by atoms with E-state index >= 15 is 0 Å². The minimum Gasteiger partial charge on any atom is -0.443 e. The van der Waals surface area contributed by atoms with Crippen molar-refractivity contribution in [1.82, 2.24) is 4.57 Å². The Morgan fingerprint density at radius 2 is 1.90 bits per heavy atom. The average Bonchev–Trinajstić information content (AvgIpc) is 2.66. The van der Waals surface area contributed by atoms with Crippen molar-refractivity contribution >= 4 is 54.9 Å². The molecular formula is C15H15Br2NO2. The Morgan fingerprint density at radius 3 is 2.50 bits per heavy atom. The van der Waals surface area contributed by atoms with E-state index in [1.807, 2.05) is 51.1 Å². The predicted octanol–water partition coefficient (Wildman–Crippen LogP) is 5.51. The number of hydrogen-bond acceptors (Lipinski definition) is 2. The minimum absolute atomic E-state index is 0.376. The van der Waals surface area contributed by atoms with Crippen LogP contribution in [0.25, 0.3) is 17.0 Å². The SMILES string of the molecule is CC(C)(C)OC(=O)n1cc(C=C(Br)Br)c2ccccc21. The molecule has 0 atom stereocenters. The van der Waals surface area contributed by atoms with Crippen molar-refractivity contribution in [3.63, 3.8) is 0 Å². The van der Waals surface area contributed by atoms with Gasteiger partial charge in [-0.05, 0) is 64.8 Å². The van der Waals surface area contributed by atoms with Crippen molar-refractivity contribution < 1.29 is 9.53 Å². The first kappa shape index (κ1) is 15.3. The van der Waals surface area contributed by atoms with Gasteiger partial charge in [0, 0.05) is 17.1 Å². The van der Waals surface area contributed by atoms with Crippen molar-refractivity contribution in [1.29, 1.82) is 0 Å². The van der Waals surface area contributed by atoms with E-state index in [0.29, 0.717) is 0 Å². The molecule has 1 aromatic heterocycles. The van der Waals surface area contributed by atoms with E-state index in [2.05, 4.69) is 31.9 Å². The van der Waals surface area contributed by atoms with Gasteiger partial charge >= 0.3 is 6.09 Å². The molecule has 0 saturated heterocycles. The first-order chi connectivity index (χ1) is 9.28. The maximum absolute atomic E-state index is 12.3. The van der Waals surface area contributed by atoms with Gasteiger partial charge in [-0.3, -0.25) is 4.57 Å². The highest BCUT2D eigenvalue weighted by Gasteiger charge is 2.20. The predicted molar refractivity (Wildman–Crippen MR) is 89.4 cm³/mol. The highest BCUT2D eigenvalue weighted by Crippen LogP contribution is 2.27. The zero-order valence-corrected chi connectivity index (χ0v) is 14.7. The van der Waals surface area contributed by atoms with Crippen molar-refractivity contribution in [2.45, 2.75) is 26.4 Å². The molecule has 2 aromatic rings. The van der Waals surface area contributed by atoms with Gasteiger partial charge in [0.05, 0.1) is 8.91 Å². The fourth-order valence-corrected chi connectivity index (χ4v) is 2.39. The van der Waals surface area contributed by atoms with E-state index in [1.54, 1.807) is 6.20 Å². The maximum Gasteiger partial charge on any atom is 0.419 e. The maximum atomic E-state index is 12.3. The molecule has 1 aromatic carbocycles. The number of ether oxygens (including phenoxy) is 1. The summed E-state index contributed by atoms with van der Waals surface area (Å²) < 4.78 is 7.78. The van der Waals surface area contributed by atoms with Crippen molar-refractivity contribution in [3.05, 3.63) is 39.4 Å². The highest BCUT2D eigenvalue weighted by atomic mass is 79.9. The molecular weight excluding hydrogens is 386 g/mol. The number of aromatic nitrogens is 1. The fraction of sp³-hybridized carbons (Fsp3) is 0.267. The van der Waals surface area contributed by atoms with Gasteiger partial charge in [0.2, 0.25) is 0 Å². The summed E-state index contributed by atoms with van der Waals surface area (Å²) in [5, 5.41) is 0.995. The van der Waals surface area contributed by atoms with Gasteiger partial charge in [0.25, 0.3) is 0 Å². The Hall–Kier alpha value is -1.07. The summed E-state index contributed by atoms with van der Waals surface area (Å²) in [6.07, 6.45) is 3.31. The molecule has 0 saturated carbocycles. The summed E-state index contributed by atoms with van der Waals surface area (Å²) in [6.45, 7) is 5.56. The van der Waals surface area contributed by atoms with Crippen LogP contribution in [0, 0.1) is 0 Å². The van der Waals surface area contributed by atoms with Gasteiger partial charge in [-0.15, -0.1) is 0 Å². The Labute approximate surface area is 134 Å². The summed E-state index contributed by atoms with van der Waals surface area (Å²) in [5.74, 6) is 0. The topological polar surface area (TPSA) is 31.2 Å². The van der Waals surface area contributed by atoms with Crippen LogP contribution in [0.4, 0.5) is 4.79 Å². The highest BCUT2D eigenvalue weighted by molar-refractivity contribution is 9.28. The lowest BCUT2D eigenvalue weighted by Gasteiger charge is -2.19. The van der Waals surface area contributed by atoms with E-state index in [-0.39, 0.29) is 6.09 Å². The molecule has 106 valence electrons. The smallest absolute Gasteiger partial charge is 0.419 e. The number of carbonyl (C=O) groups excluding carboxylic acids is 1. The zero-order valence-electron chi connectivity index (χ0n) is 11.5. The van der Waals surface area contributed by atoms with Crippen LogP contribution in [-0.4, -0.2) is 16.3 Å². The molecule has 0 aliphatic rings. The van der Waals surface area contributed by atoms with Gasteiger partial charge in [-0.25, -0.2) is 4.79 Å². The number of para-hydroxylation sites is 1. The molecule has 0 aliphatic heterocycles. The summed E-state index contributed by atoms with van der Waals surface area (Å²) >= 11 is 6.69. The van der Waals surface area contributed by atoms with Crippen LogP contribution in [0.3, 0.4) is 0 Å². The molecule has 5 heteroatoms. The average molecular weight is 401 g/mol. The van der Waals surface area contributed by atoms with Gasteiger partial charge in [-0.1, -0.05) is 18.2 Å². The number of halogens is 2. The van der Waals surface area contributed by atoms with Crippen LogP contribution in [0.5, 0.6) is 0 Å². The molecule has 0 N–H and O–H groups in total. The third-order valence-corrected chi connectivity index (χ3v) is 3.06. The molecule has 2 rings (SSSR count). The summed E-state index contributed by atoms with van der Waals surface area (Å²) in [5.41, 5.74) is 1.25. The van der Waals surface area contributed by atoms with Crippen molar-refractivity contribution in [2.24, 2.45) is 0 Å². The number of benzene rings is 1. The second-order valence-corrected chi connectivity index (χ2v) is 8.16. The fourth-order valence-electron chi connectivity index (χ4n) is 1.90. The molecule has 0 spiro atoms. The van der Waals surface area contributed by atoms with Crippen LogP contribution >= 0.6 is 31.9 Å². The quantitative estimate of drug-likeness (QED) is 0.631. The van der Waals surface area contributed by atoms with E-state index in [9.17, 15) is 4.79 Å². The van der Waals surface area contributed by atoms with Crippen LogP contribution in [-0.2, 0) is 4.74 Å². The second-order valence-electron chi connectivity index (χ2n) is 5.39. The van der Waals surface area contributed by atoms with Crippen LogP contribution in [0.15, 0.2) is 33.9 Å². The van der Waals surface area contributed by atoms with Crippen LogP contribution in [0.2, 0.25) is 0 Å². The molecule has 3 nitrogen and oxygen atoms in total. The van der Waals surface area contributed by atoms with E-state index in [0.717, 1.165) is 19.9 Å². The standard InChI is InChI=1S/C15H15Br2NO2/c1-15(2,3)20-14(19)18-9-10(8-13(16)17)11-6-4-5-7-12(11)18/h4-9H,1-3H3. The third-order valence-electron chi connectivity index (χ3n) is 2.60. The Morgan fingerprint density at radius 1 is 1.25 bits per heavy atom. The molecule has 0 amide bonds. The molecule has 0 fully saturated rings. The Bertz CT molecular complexity index is 677. The largest absolute Gasteiger partial charge is 0.443 e. The molecule has 0 radical (unpaired) electrons. The number of nitrogens with zero attached hydrogens (tertiary/aromatic N) is 1. The Kier molecular flexibility index (Phi) is 4.39. The van der Waals surface area contributed by atoms with E-state index in [1.165, 1.54) is 4.57 Å². The van der Waals surface area contributed by atoms with Crippen molar-refractivity contribution in [2.75, 3.05) is 0 Å². The van der Waals surface area contributed by atoms with Crippen LogP contribution < -0.4 is 0 Å². The molecule has 20 heavy (non-hydrogen) atoms. The van der Waals surface area contributed by atoms with Gasteiger partial charge in [0.1, 0.15) is 5.60 Å². The number of fused-ring (bicyclic) bond motifs is 1. The zero-order chi connectivity index (χ0) is 14.9. The second kappa shape index (κ2) is 5.74. The van der Waals surface area contributed by atoms with E-state index < -0.39 is 5.60 Å². The number of carbonyl (C=O) groups is 1. The lowest BCUT2D eigenvalue weighted by molar-refractivity contribution is 0.0544. The lowest BCUT2D eigenvalue weighted by Crippen LogP contribution is -2.26. The van der Waals surface area contributed by atoms with Gasteiger partial charge in [0.15, 0.2) is 0 Å². The first-order valence-electron chi connectivity index (χ1n) is 6.14. The summed E-state index contributed by atoms with van der Waals surface area (Å²) in [7, 11) is 0. The lowest BCUT2D eigenvalue weighted by atomic mass is 10.2. The van der Waals surface area contributed by atoms with Crippen LogP contribution in [0.1, 0.15) is 26.3 Å². The first-order valence-corrected chi connectivity index (χ1v) is 7.73. The molecule has 0 unspecified atom stereocenters. The van der Waals surface area contributed by atoms with E-state index in [4.69, 9.17) is 4.74 Å².